The van der Waals surface area contributed by atoms with Gasteiger partial charge in [0.2, 0.25) is 5.91 Å². The summed E-state index contributed by atoms with van der Waals surface area (Å²) in [5.41, 5.74) is 12.4. The van der Waals surface area contributed by atoms with Crippen molar-refractivity contribution in [2.45, 2.75) is 76.2 Å². The summed E-state index contributed by atoms with van der Waals surface area (Å²) in [6.07, 6.45) is 4.34. The minimum Gasteiger partial charge on any atom is -0.469 e. The smallest absolute Gasteiger partial charge is 0.338 e. The summed E-state index contributed by atoms with van der Waals surface area (Å²) in [7, 11) is 7.18. The first-order valence-electron chi connectivity index (χ1n) is 21.6. The van der Waals surface area contributed by atoms with Crippen molar-refractivity contribution in [2.75, 3.05) is 39.7 Å². The molecule has 63 heavy (non-hydrogen) atoms. The standard InChI is InChI=1S/C17H21NO4.C16H13ClN2O.C10H15N.C9H13N/c1-18-12-8-9-13(18)15(17(20)21-2)14(10-12)22-16(19)11-6-4-3-5-7-11;1-19-14-8-7-12(17)9-13(14)16(18-10-15(19)20)11-5-3-2-4-6-11;1-9(11-2)8-10-6-4-3-5-7-10;1-8(10)7-9-5-3-2-4-6-9/h3-7,12-15H,8-10H2,1-2H3;2-9H,10H2,1H3;3-7,9,11H,8H2,1-2H3;2-6,8H,7,10H2,1H3/t12-,13+,14-,15+;;9-;/m0.0./s1. The summed E-state index contributed by atoms with van der Waals surface area (Å²) in [6, 6.07) is 46.4. The van der Waals surface area contributed by atoms with Gasteiger partial charge in [0, 0.05) is 53.8 Å². The Bertz CT molecular complexity index is 2230. The van der Waals surface area contributed by atoms with Crippen LogP contribution in [-0.4, -0.2) is 93.5 Å². The van der Waals surface area contributed by atoms with E-state index in [0.717, 1.165) is 48.2 Å². The van der Waals surface area contributed by atoms with Gasteiger partial charge in [-0.1, -0.05) is 121 Å². The number of benzodiazepines with no additional fused rings is 1. The average molecular weight is 873 g/mol. The molecule has 2 saturated heterocycles. The lowest BCUT2D eigenvalue weighted by Gasteiger charge is -2.40. The highest BCUT2D eigenvalue weighted by Crippen LogP contribution is 2.40. The monoisotopic (exact) mass is 871 g/mol. The van der Waals surface area contributed by atoms with Gasteiger partial charge in [0.25, 0.3) is 0 Å². The Kier molecular flexibility index (Phi) is 18.6. The largest absolute Gasteiger partial charge is 0.469 e. The van der Waals surface area contributed by atoms with Crippen molar-refractivity contribution < 1.29 is 23.9 Å². The number of anilines is 1. The molecule has 10 nitrogen and oxygen atoms in total. The van der Waals surface area contributed by atoms with Crippen molar-refractivity contribution in [3.63, 3.8) is 0 Å². The first-order chi connectivity index (χ1) is 30.4. The Labute approximate surface area is 378 Å². The number of esters is 2. The SMILES string of the molecule is CC(N)Cc1ccccc1.CN1C(=O)CN=C(c2ccccc2)c2cc(Cl)ccc21.CN[C@@H](C)Cc1ccccc1.COC(=O)[C@H]1[C@@H](OC(=O)c2ccccc2)C[C@@H]2CC[C@H]1N2C. The zero-order valence-electron chi connectivity index (χ0n) is 37.3. The van der Waals surface area contributed by atoms with Gasteiger partial charge in [-0.05, 0) is 95.1 Å². The van der Waals surface area contributed by atoms with Crippen molar-refractivity contribution in [3.05, 3.63) is 172 Å². The number of aliphatic imine (C=N–C) groups is 1. The molecule has 2 fully saturated rings. The highest BCUT2D eigenvalue weighted by atomic mass is 35.5. The van der Waals surface area contributed by atoms with Crippen LogP contribution in [0, 0.1) is 5.92 Å². The fourth-order valence-corrected chi connectivity index (χ4v) is 8.30. The van der Waals surface area contributed by atoms with Gasteiger partial charge in [-0.2, -0.15) is 0 Å². The summed E-state index contributed by atoms with van der Waals surface area (Å²) in [5, 5.41) is 3.85. The number of hydrogen-bond donors (Lipinski definition) is 2. The third kappa shape index (κ3) is 13.9. The van der Waals surface area contributed by atoms with E-state index in [9.17, 15) is 14.4 Å². The van der Waals surface area contributed by atoms with Gasteiger partial charge in [-0.15, -0.1) is 0 Å². The van der Waals surface area contributed by atoms with Crippen LogP contribution in [-0.2, 0) is 31.9 Å². The molecule has 5 aromatic rings. The number of likely N-dealkylation sites (N-methyl/N-ethyl adjacent to an activating group) is 2. The third-order valence-electron chi connectivity index (χ3n) is 11.6. The number of ether oxygens (including phenoxy) is 2. The third-order valence-corrected chi connectivity index (χ3v) is 11.8. The summed E-state index contributed by atoms with van der Waals surface area (Å²) < 4.78 is 10.6. The number of methoxy groups -OCH3 is 1. The van der Waals surface area contributed by atoms with Crippen molar-refractivity contribution >= 4 is 40.8 Å². The molecular formula is C52H62ClN5O5. The molecule has 0 radical (unpaired) electrons. The van der Waals surface area contributed by atoms with Crippen LogP contribution in [0.4, 0.5) is 5.69 Å². The van der Waals surface area contributed by atoms with Crippen molar-refractivity contribution in [1.82, 2.24) is 10.2 Å². The molecule has 1 amide bonds. The van der Waals surface area contributed by atoms with E-state index in [1.54, 1.807) is 42.3 Å². The molecule has 5 aromatic carbocycles. The van der Waals surface area contributed by atoms with Crippen LogP contribution in [0.5, 0.6) is 0 Å². The van der Waals surface area contributed by atoms with Crippen molar-refractivity contribution in [2.24, 2.45) is 16.6 Å². The summed E-state index contributed by atoms with van der Waals surface area (Å²) in [6.45, 7) is 4.35. The number of carbonyl (C=O) groups is 3. The number of benzene rings is 5. The topological polar surface area (TPSA) is 127 Å². The molecule has 0 saturated carbocycles. The molecule has 3 aliphatic rings. The van der Waals surface area contributed by atoms with Crippen molar-refractivity contribution in [3.8, 4) is 0 Å². The zero-order chi connectivity index (χ0) is 45.3. The molecule has 3 aliphatic heterocycles. The molecule has 8 rings (SSSR count). The average Bonchev–Trinajstić information content (AvgIpc) is 3.46. The Balaban J connectivity index is 0.000000167. The summed E-state index contributed by atoms with van der Waals surface area (Å²) >= 11 is 6.11. The van der Waals surface area contributed by atoms with Crippen LogP contribution in [0.1, 0.15) is 65.7 Å². The minimum atomic E-state index is -0.408. The van der Waals surface area contributed by atoms with E-state index in [4.69, 9.17) is 26.8 Å². The molecule has 3 N–H and O–H groups in total. The maximum atomic E-state index is 12.3. The van der Waals surface area contributed by atoms with Gasteiger partial charge in [-0.3, -0.25) is 19.5 Å². The van der Waals surface area contributed by atoms with Gasteiger partial charge in [0.1, 0.15) is 18.6 Å². The second-order valence-electron chi connectivity index (χ2n) is 16.2. The molecule has 6 atom stereocenters. The number of rotatable bonds is 9. The van der Waals surface area contributed by atoms with Crippen molar-refractivity contribution in [1.29, 1.82) is 0 Å². The molecule has 1 unspecified atom stereocenters. The molecule has 332 valence electrons. The lowest BCUT2D eigenvalue weighted by atomic mass is 9.87. The van der Waals surface area contributed by atoms with Crippen LogP contribution >= 0.6 is 11.6 Å². The lowest BCUT2D eigenvalue weighted by Crippen LogP contribution is -2.53. The predicted octanol–water partition coefficient (Wildman–Crippen LogP) is 8.43. The van der Waals surface area contributed by atoms with Gasteiger partial charge >= 0.3 is 11.9 Å². The molecule has 0 spiro atoms. The minimum absolute atomic E-state index is 0.0282. The fraction of sp³-hybridized carbons (Fsp3) is 0.346. The predicted molar refractivity (Wildman–Crippen MR) is 255 cm³/mol. The number of amides is 1. The molecule has 2 bridgehead atoms. The normalized spacial score (nSPS) is 19.7. The van der Waals surface area contributed by atoms with Crippen LogP contribution in [0.15, 0.2) is 145 Å². The number of carbonyl (C=O) groups excluding carboxylic acids is 3. The highest BCUT2D eigenvalue weighted by Gasteiger charge is 2.51. The van der Waals surface area contributed by atoms with E-state index in [0.29, 0.717) is 29.1 Å². The number of piperidine rings is 1. The van der Waals surface area contributed by atoms with E-state index >= 15 is 0 Å². The maximum Gasteiger partial charge on any atom is 0.338 e. The van der Waals surface area contributed by atoms with E-state index < -0.39 is 12.0 Å². The number of hydrogen-bond acceptors (Lipinski definition) is 9. The molecule has 3 heterocycles. The number of nitrogens with two attached hydrogens (primary N) is 1. The van der Waals surface area contributed by atoms with Crippen LogP contribution in [0.2, 0.25) is 5.02 Å². The Morgan fingerprint density at radius 2 is 1.40 bits per heavy atom. The first kappa shape index (κ1) is 48.4. The molecule has 0 aliphatic carbocycles. The number of nitrogens with one attached hydrogen (secondary N) is 1. The Hall–Kier alpha value is -5.65. The lowest BCUT2D eigenvalue weighted by molar-refractivity contribution is -0.156. The number of nitrogens with zero attached hydrogens (tertiary/aromatic N) is 3. The molecular weight excluding hydrogens is 810 g/mol. The summed E-state index contributed by atoms with van der Waals surface area (Å²) in [4.78, 5) is 44.8. The Morgan fingerprint density at radius 1 is 0.825 bits per heavy atom. The van der Waals surface area contributed by atoms with Gasteiger partial charge in [0.15, 0.2) is 0 Å². The molecule has 11 heteroatoms. The van der Waals surface area contributed by atoms with Gasteiger partial charge in [0.05, 0.1) is 24.1 Å². The summed E-state index contributed by atoms with van der Waals surface area (Å²) in [5.74, 6) is -1.09. The first-order valence-corrected chi connectivity index (χ1v) is 22.0. The van der Waals surface area contributed by atoms with E-state index in [1.165, 1.54) is 18.2 Å². The van der Waals surface area contributed by atoms with Gasteiger partial charge in [-0.25, -0.2) is 4.79 Å². The van der Waals surface area contributed by atoms with Gasteiger partial charge < -0.3 is 25.4 Å². The second-order valence-corrected chi connectivity index (χ2v) is 16.7. The quantitative estimate of drug-likeness (QED) is 0.142. The molecule has 0 aromatic heterocycles. The van der Waals surface area contributed by atoms with Crippen LogP contribution in [0.3, 0.4) is 0 Å². The van der Waals surface area contributed by atoms with Crippen LogP contribution < -0.4 is 16.0 Å². The van der Waals surface area contributed by atoms with E-state index in [-0.39, 0.29) is 36.5 Å². The van der Waals surface area contributed by atoms with E-state index in [1.807, 2.05) is 93.8 Å². The fourth-order valence-electron chi connectivity index (χ4n) is 8.13. The van der Waals surface area contributed by atoms with E-state index in [2.05, 4.69) is 58.5 Å². The number of halogens is 1. The zero-order valence-corrected chi connectivity index (χ0v) is 38.1. The highest BCUT2D eigenvalue weighted by molar-refractivity contribution is 6.32. The number of fused-ring (bicyclic) bond motifs is 3. The Morgan fingerprint density at radius 3 is 1.97 bits per heavy atom. The second kappa shape index (κ2) is 24.3. The maximum absolute atomic E-state index is 12.3. The van der Waals surface area contributed by atoms with Crippen LogP contribution in [0.25, 0.3) is 0 Å².